The average Bonchev–Trinajstić information content (AvgIpc) is 3.89. The van der Waals surface area contributed by atoms with Gasteiger partial charge in [0.1, 0.15) is 11.2 Å². The average molecular weight is 781 g/mol. The molecular formula is C58H36OS. The molecule has 2 aliphatic carbocycles. The molecule has 0 fully saturated rings. The summed E-state index contributed by atoms with van der Waals surface area (Å²) in [5.41, 5.74) is 12.2. The van der Waals surface area contributed by atoms with Crippen molar-refractivity contribution in [3.63, 3.8) is 0 Å². The van der Waals surface area contributed by atoms with E-state index in [-0.39, 0.29) is 11.8 Å². The smallest absolute Gasteiger partial charge is 0.136 e. The highest BCUT2D eigenvalue weighted by Gasteiger charge is 2.33. The number of para-hydroxylation sites is 1. The number of fused-ring (bicyclic) bond motifs is 10. The summed E-state index contributed by atoms with van der Waals surface area (Å²) in [5.74, 6) is 0.482. The van der Waals surface area contributed by atoms with E-state index in [2.05, 4.69) is 200 Å². The second kappa shape index (κ2) is 13.1. The number of hydrogen-bond acceptors (Lipinski definition) is 2. The van der Waals surface area contributed by atoms with Crippen LogP contribution in [0.2, 0.25) is 0 Å². The molecule has 2 aromatic heterocycles. The van der Waals surface area contributed by atoms with Gasteiger partial charge in [-0.1, -0.05) is 188 Å². The zero-order chi connectivity index (χ0) is 39.3. The Labute approximate surface area is 350 Å². The quantitative estimate of drug-likeness (QED) is 0.162. The summed E-state index contributed by atoms with van der Waals surface area (Å²) >= 11 is 1.94. The van der Waals surface area contributed by atoms with Gasteiger partial charge in [-0.25, -0.2) is 0 Å². The van der Waals surface area contributed by atoms with Crippen LogP contribution in [0.25, 0.3) is 97.1 Å². The molecule has 0 N–H and O–H groups in total. The number of benzene rings is 9. The third kappa shape index (κ3) is 4.86. The molecule has 9 aromatic carbocycles. The van der Waals surface area contributed by atoms with Crippen LogP contribution in [0.1, 0.15) is 11.1 Å². The van der Waals surface area contributed by atoms with Crippen molar-refractivity contribution >= 4 is 86.1 Å². The molecule has 0 spiro atoms. The van der Waals surface area contributed by atoms with Crippen molar-refractivity contribution in [2.45, 2.75) is 0 Å². The van der Waals surface area contributed by atoms with Gasteiger partial charge >= 0.3 is 0 Å². The van der Waals surface area contributed by atoms with Crippen LogP contribution in [0.4, 0.5) is 0 Å². The van der Waals surface area contributed by atoms with Crippen LogP contribution in [0.5, 0.6) is 0 Å². The number of furan rings is 1. The van der Waals surface area contributed by atoms with E-state index in [1.807, 2.05) is 17.4 Å². The van der Waals surface area contributed by atoms with Crippen molar-refractivity contribution < 1.29 is 4.42 Å². The third-order valence-electron chi connectivity index (χ3n) is 13.1. The van der Waals surface area contributed by atoms with E-state index >= 15 is 0 Å². The molecule has 11 aromatic rings. The minimum atomic E-state index is 0.230. The van der Waals surface area contributed by atoms with Gasteiger partial charge in [-0.3, -0.25) is 0 Å². The Bertz CT molecular complexity index is 3730. The van der Waals surface area contributed by atoms with E-state index in [0.717, 1.165) is 21.9 Å². The van der Waals surface area contributed by atoms with Gasteiger partial charge in [0, 0.05) is 42.8 Å². The Kier molecular flexibility index (Phi) is 7.37. The first-order chi connectivity index (χ1) is 29.8. The molecule has 280 valence electrons. The minimum Gasteiger partial charge on any atom is -0.456 e. The Morgan fingerprint density at radius 1 is 0.383 bits per heavy atom. The molecular weight excluding hydrogens is 745 g/mol. The van der Waals surface area contributed by atoms with Gasteiger partial charge in [-0.2, -0.15) is 0 Å². The monoisotopic (exact) mass is 780 g/mol. The molecule has 2 heterocycles. The van der Waals surface area contributed by atoms with Crippen LogP contribution in [0, 0.1) is 11.8 Å². The number of hydrogen-bond donors (Lipinski definition) is 0. The Hall–Kier alpha value is -7.26. The molecule has 2 aliphatic rings. The largest absolute Gasteiger partial charge is 0.456 e. The van der Waals surface area contributed by atoms with Crippen molar-refractivity contribution in [2.75, 3.05) is 0 Å². The lowest BCUT2D eigenvalue weighted by Crippen LogP contribution is -2.40. The Balaban J connectivity index is 1.05. The first-order valence-electron chi connectivity index (χ1n) is 20.8. The highest BCUT2D eigenvalue weighted by Crippen LogP contribution is 2.49. The summed E-state index contributed by atoms with van der Waals surface area (Å²) in [6.45, 7) is 0. The minimum absolute atomic E-state index is 0.230. The van der Waals surface area contributed by atoms with Gasteiger partial charge in [0.25, 0.3) is 0 Å². The van der Waals surface area contributed by atoms with Crippen LogP contribution >= 0.6 is 11.3 Å². The first kappa shape index (κ1) is 33.7. The summed E-state index contributed by atoms with van der Waals surface area (Å²) in [4.78, 5) is 0. The van der Waals surface area contributed by atoms with Crippen LogP contribution in [0.15, 0.2) is 211 Å². The standard InChI is InChI=1S/C58H36OS/c1-2-16-35(17-3-1)53-38-18-4-10-24-44(38)56(45-25-11-5-19-39(45)53)49-29-14-27-46-37-33-32-36(34-52(37)60-58(46)49)54-40-20-6-8-22-42(40)55(43-23-9-7-21-41(43)54)48-28-15-31-51-57(48)47-26-12-13-30-50(47)59-51/h1-34,38,44H. The van der Waals surface area contributed by atoms with Crippen LogP contribution in [0.3, 0.4) is 0 Å². The van der Waals surface area contributed by atoms with Gasteiger partial charge in [0.2, 0.25) is 0 Å². The van der Waals surface area contributed by atoms with E-state index in [1.165, 1.54) is 96.7 Å². The number of thiophene rings is 1. The van der Waals surface area contributed by atoms with E-state index in [4.69, 9.17) is 4.42 Å². The summed E-state index contributed by atoms with van der Waals surface area (Å²) < 4.78 is 9.06. The number of rotatable bonds is 4. The molecule has 0 radical (unpaired) electrons. The number of allylic oxidation sites excluding steroid dienone is 4. The lowest BCUT2D eigenvalue weighted by molar-refractivity contribution is 0.669. The van der Waals surface area contributed by atoms with Gasteiger partial charge in [-0.05, 0) is 94.7 Å². The molecule has 2 heteroatoms. The molecule has 0 saturated heterocycles. The summed E-state index contributed by atoms with van der Waals surface area (Å²) in [5, 5.41) is 12.6. The SMILES string of the molecule is C1=CC2C(c3ccccc3)=c3ccccc3=C(c3cccc4c3sc3cc(-c5c6ccccc6c(-c6cccc7oc8ccccc8c67)c6ccccc56)ccc34)C2C=C1. The fourth-order valence-corrected chi connectivity index (χ4v) is 11.9. The van der Waals surface area contributed by atoms with Crippen molar-refractivity contribution in [1.82, 2.24) is 0 Å². The predicted octanol–water partition coefficient (Wildman–Crippen LogP) is 14.4. The van der Waals surface area contributed by atoms with Gasteiger partial charge in [0.15, 0.2) is 0 Å². The van der Waals surface area contributed by atoms with Crippen molar-refractivity contribution in [3.8, 4) is 22.3 Å². The topological polar surface area (TPSA) is 13.1 Å². The second-order valence-electron chi connectivity index (χ2n) is 16.2. The highest BCUT2D eigenvalue weighted by atomic mass is 32.1. The predicted molar refractivity (Wildman–Crippen MR) is 255 cm³/mol. The third-order valence-corrected chi connectivity index (χ3v) is 14.3. The van der Waals surface area contributed by atoms with Crippen molar-refractivity contribution in [1.29, 1.82) is 0 Å². The molecule has 0 saturated carbocycles. The normalized spacial score (nSPS) is 16.1. The molecule has 1 nitrogen and oxygen atoms in total. The zero-order valence-electron chi connectivity index (χ0n) is 32.6. The maximum absolute atomic E-state index is 6.40. The zero-order valence-corrected chi connectivity index (χ0v) is 33.4. The molecule has 2 unspecified atom stereocenters. The fraction of sp³-hybridized carbons (Fsp3) is 0.0345. The van der Waals surface area contributed by atoms with Crippen LogP contribution in [-0.2, 0) is 0 Å². The summed E-state index contributed by atoms with van der Waals surface area (Å²) in [6, 6.07) is 67.0. The maximum Gasteiger partial charge on any atom is 0.136 e. The van der Waals surface area contributed by atoms with E-state index in [1.54, 1.807) is 0 Å². The van der Waals surface area contributed by atoms with Crippen LogP contribution < -0.4 is 10.4 Å². The van der Waals surface area contributed by atoms with Gasteiger partial charge in [0.05, 0.1) is 0 Å². The van der Waals surface area contributed by atoms with Gasteiger partial charge < -0.3 is 4.42 Å². The van der Waals surface area contributed by atoms with E-state index in [9.17, 15) is 0 Å². The lowest BCUT2D eigenvalue weighted by atomic mass is 9.70. The maximum atomic E-state index is 6.40. The lowest BCUT2D eigenvalue weighted by Gasteiger charge is -2.33. The highest BCUT2D eigenvalue weighted by molar-refractivity contribution is 7.26. The fourth-order valence-electron chi connectivity index (χ4n) is 10.6. The van der Waals surface area contributed by atoms with Crippen molar-refractivity contribution in [3.05, 3.63) is 228 Å². The molecule has 0 amide bonds. The molecule has 2 atom stereocenters. The summed E-state index contributed by atoms with van der Waals surface area (Å²) in [6.07, 6.45) is 9.32. The Morgan fingerprint density at radius 3 is 1.70 bits per heavy atom. The summed E-state index contributed by atoms with van der Waals surface area (Å²) in [7, 11) is 0. The van der Waals surface area contributed by atoms with E-state index < -0.39 is 0 Å². The van der Waals surface area contributed by atoms with Gasteiger partial charge in [-0.15, -0.1) is 11.3 Å². The van der Waals surface area contributed by atoms with Crippen molar-refractivity contribution in [2.24, 2.45) is 11.8 Å². The molecule has 13 rings (SSSR count). The molecule has 0 bridgehead atoms. The Morgan fingerprint density at radius 2 is 0.950 bits per heavy atom. The van der Waals surface area contributed by atoms with Crippen LogP contribution in [-0.4, -0.2) is 0 Å². The second-order valence-corrected chi connectivity index (χ2v) is 17.2. The van der Waals surface area contributed by atoms with E-state index in [0.29, 0.717) is 0 Å². The molecule has 60 heavy (non-hydrogen) atoms. The first-order valence-corrected chi connectivity index (χ1v) is 21.7. The molecule has 0 aliphatic heterocycles.